The van der Waals surface area contributed by atoms with Crippen LogP contribution in [0.3, 0.4) is 0 Å². The summed E-state index contributed by atoms with van der Waals surface area (Å²) in [5.41, 5.74) is 0.850. The molecule has 1 aromatic rings. The standard InChI is InChI=1S/C10H11BrN2O2S/c1-8-7-9(3-4-10(8)11)16(14,15)13-6-2-5-12/h3-4,7,13H,2,6H2,1H3. The molecule has 16 heavy (non-hydrogen) atoms. The largest absolute Gasteiger partial charge is 0.240 e. The van der Waals surface area contributed by atoms with Crippen molar-refractivity contribution < 1.29 is 8.42 Å². The molecule has 0 atom stereocenters. The van der Waals surface area contributed by atoms with Crippen LogP contribution in [0.2, 0.25) is 0 Å². The van der Waals surface area contributed by atoms with Crippen molar-refractivity contribution in [2.24, 2.45) is 0 Å². The van der Waals surface area contributed by atoms with Crippen molar-refractivity contribution in [3.63, 3.8) is 0 Å². The Bertz CT molecular complexity index is 520. The maximum Gasteiger partial charge on any atom is 0.240 e. The first-order chi connectivity index (χ1) is 7.47. The van der Waals surface area contributed by atoms with Gasteiger partial charge in [-0.05, 0) is 30.7 Å². The summed E-state index contributed by atoms with van der Waals surface area (Å²) in [4.78, 5) is 0.214. The van der Waals surface area contributed by atoms with Crippen LogP contribution in [0.15, 0.2) is 27.6 Å². The van der Waals surface area contributed by atoms with Gasteiger partial charge in [-0.1, -0.05) is 15.9 Å². The molecule has 0 radical (unpaired) electrons. The molecule has 0 bridgehead atoms. The molecule has 1 rings (SSSR count). The van der Waals surface area contributed by atoms with E-state index in [0.29, 0.717) is 0 Å². The van der Waals surface area contributed by atoms with E-state index < -0.39 is 10.0 Å². The van der Waals surface area contributed by atoms with Gasteiger partial charge in [0.2, 0.25) is 10.0 Å². The summed E-state index contributed by atoms with van der Waals surface area (Å²) in [5, 5.41) is 8.32. The van der Waals surface area contributed by atoms with Crippen LogP contribution in [0.5, 0.6) is 0 Å². The van der Waals surface area contributed by atoms with Gasteiger partial charge in [0.25, 0.3) is 0 Å². The number of nitriles is 1. The fourth-order valence-corrected chi connectivity index (χ4v) is 2.47. The number of hydrogen-bond donors (Lipinski definition) is 1. The summed E-state index contributed by atoms with van der Waals surface area (Å²) in [6, 6.07) is 6.67. The Balaban J connectivity index is 2.91. The lowest BCUT2D eigenvalue weighted by Crippen LogP contribution is -2.24. The molecule has 0 aromatic heterocycles. The van der Waals surface area contributed by atoms with E-state index in [1.165, 1.54) is 6.07 Å². The Labute approximate surface area is 103 Å². The van der Waals surface area contributed by atoms with Crippen LogP contribution < -0.4 is 4.72 Å². The van der Waals surface area contributed by atoms with E-state index in [4.69, 9.17) is 5.26 Å². The molecule has 0 spiro atoms. The van der Waals surface area contributed by atoms with Gasteiger partial charge in [-0.25, -0.2) is 13.1 Å². The van der Waals surface area contributed by atoms with Gasteiger partial charge in [0, 0.05) is 17.4 Å². The van der Waals surface area contributed by atoms with Crippen molar-refractivity contribution in [2.75, 3.05) is 6.54 Å². The second kappa shape index (κ2) is 5.43. The Morgan fingerprint density at radius 2 is 2.19 bits per heavy atom. The Morgan fingerprint density at radius 3 is 2.75 bits per heavy atom. The third-order valence-electron chi connectivity index (χ3n) is 1.97. The number of rotatable bonds is 4. The normalized spacial score (nSPS) is 11.1. The van der Waals surface area contributed by atoms with Crippen molar-refractivity contribution in [1.29, 1.82) is 5.26 Å². The van der Waals surface area contributed by atoms with Gasteiger partial charge in [-0.15, -0.1) is 0 Å². The molecule has 1 aromatic carbocycles. The SMILES string of the molecule is Cc1cc(S(=O)(=O)NCCC#N)ccc1Br. The molecule has 0 unspecified atom stereocenters. The van der Waals surface area contributed by atoms with Gasteiger partial charge in [0.05, 0.1) is 11.0 Å². The molecule has 0 aliphatic carbocycles. The van der Waals surface area contributed by atoms with E-state index in [2.05, 4.69) is 20.7 Å². The quantitative estimate of drug-likeness (QED) is 0.864. The Morgan fingerprint density at radius 1 is 1.50 bits per heavy atom. The second-order valence-corrected chi connectivity index (χ2v) is 5.84. The van der Waals surface area contributed by atoms with Crippen molar-refractivity contribution in [2.45, 2.75) is 18.2 Å². The maximum atomic E-state index is 11.7. The molecule has 0 aliphatic rings. The zero-order chi connectivity index (χ0) is 12.2. The molecule has 4 nitrogen and oxygen atoms in total. The highest BCUT2D eigenvalue weighted by molar-refractivity contribution is 9.10. The monoisotopic (exact) mass is 302 g/mol. The fourth-order valence-electron chi connectivity index (χ4n) is 1.11. The molecule has 0 saturated heterocycles. The van der Waals surface area contributed by atoms with E-state index in [-0.39, 0.29) is 17.9 Å². The van der Waals surface area contributed by atoms with E-state index in [1.54, 1.807) is 12.1 Å². The Hall–Kier alpha value is -0.900. The van der Waals surface area contributed by atoms with Crippen LogP contribution in [0, 0.1) is 18.3 Å². The van der Waals surface area contributed by atoms with E-state index in [0.717, 1.165) is 10.0 Å². The number of aryl methyl sites for hydroxylation is 1. The van der Waals surface area contributed by atoms with Crippen LogP contribution in [0.4, 0.5) is 0 Å². The molecular formula is C10H11BrN2O2S. The van der Waals surface area contributed by atoms with Gasteiger partial charge >= 0.3 is 0 Å². The van der Waals surface area contributed by atoms with Crippen LogP contribution >= 0.6 is 15.9 Å². The van der Waals surface area contributed by atoms with Crippen molar-refractivity contribution in [1.82, 2.24) is 4.72 Å². The van der Waals surface area contributed by atoms with Gasteiger partial charge in [-0.2, -0.15) is 5.26 Å². The number of hydrogen-bond acceptors (Lipinski definition) is 3. The van der Waals surface area contributed by atoms with Crippen LogP contribution in [-0.2, 0) is 10.0 Å². The van der Waals surface area contributed by atoms with Gasteiger partial charge < -0.3 is 0 Å². The summed E-state index contributed by atoms with van der Waals surface area (Å²) in [5.74, 6) is 0. The fraction of sp³-hybridized carbons (Fsp3) is 0.300. The predicted octanol–water partition coefficient (Wildman–Crippen LogP) is 1.95. The Kier molecular flexibility index (Phi) is 4.47. The zero-order valence-electron chi connectivity index (χ0n) is 8.70. The number of nitrogens with zero attached hydrogens (tertiary/aromatic N) is 1. The van der Waals surface area contributed by atoms with Gasteiger partial charge in [0.1, 0.15) is 0 Å². The third-order valence-corrected chi connectivity index (χ3v) is 4.32. The van der Waals surface area contributed by atoms with E-state index in [1.807, 2.05) is 13.0 Å². The first-order valence-electron chi connectivity index (χ1n) is 4.60. The summed E-state index contributed by atoms with van der Waals surface area (Å²) in [6.45, 7) is 1.95. The lowest BCUT2D eigenvalue weighted by Gasteiger charge is -2.06. The van der Waals surface area contributed by atoms with Crippen molar-refractivity contribution >= 4 is 26.0 Å². The van der Waals surface area contributed by atoms with Gasteiger partial charge in [0.15, 0.2) is 0 Å². The summed E-state index contributed by atoms with van der Waals surface area (Å²) >= 11 is 3.30. The third kappa shape index (κ3) is 3.30. The minimum Gasteiger partial charge on any atom is -0.210 e. The number of nitrogens with one attached hydrogen (secondary N) is 1. The van der Waals surface area contributed by atoms with Crippen LogP contribution in [-0.4, -0.2) is 15.0 Å². The maximum absolute atomic E-state index is 11.7. The van der Waals surface area contributed by atoms with E-state index in [9.17, 15) is 8.42 Å². The van der Waals surface area contributed by atoms with E-state index >= 15 is 0 Å². The minimum absolute atomic E-state index is 0.133. The predicted molar refractivity (Wildman–Crippen MR) is 64.3 cm³/mol. The molecule has 0 saturated carbocycles. The molecular weight excluding hydrogens is 292 g/mol. The first kappa shape index (κ1) is 13.2. The summed E-state index contributed by atoms with van der Waals surface area (Å²) in [7, 11) is -3.49. The molecule has 0 heterocycles. The van der Waals surface area contributed by atoms with Crippen molar-refractivity contribution in [3.05, 3.63) is 28.2 Å². The van der Waals surface area contributed by atoms with Crippen LogP contribution in [0.1, 0.15) is 12.0 Å². The smallest absolute Gasteiger partial charge is 0.210 e. The lowest BCUT2D eigenvalue weighted by atomic mass is 10.2. The molecule has 6 heteroatoms. The highest BCUT2D eigenvalue weighted by Gasteiger charge is 2.13. The summed E-state index contributed by atoms with van der Waals surface area (Å²) < 4.78 is 26.7. The van der Waals surface area contributed by atoms with Crippen molar-refractivity contribution in [3.8, 4) is 6.07 Å². The molecule has 0 fully saturated rings. The zero-order valence-corrected chi connectivity index (χ0v) is 11.1. The highest BCUT2D eigenvalue weighted by atomic mass is 79.9. The average molecular weight is 303 g/mol. The first-order valence-corrected chi connectivity index (χ1v) is 6.88. The minimum atomic E-state index is -3.49. The second-order valence-electron chi connectivity index (χ2n) is 3.22. The van der Waals surface area contributed by atoms with Gasteiger partial charge in [-0.3, -0.25) is 0 Å². The average Bonchev–Trinajstić information content (AvgIpc) is 2.22. The van der Waals surface area contributed by atoms with Crippen LogP contribution in [0.25, 0.3) is 0 Å². The number of sulfonamides is 1. The lowest BCUT2D eigenvalue weighted by molar-refractivity contribution is 0.582. The number of halogens is 1. The molecule has 86 valence electrons. The number of benzene rings is 1. The molecule has 0 amide bonds. The molecule has 0 aliphatic heterocycles. The molecule has 1 N–H and O–H groups in total. The topological polar surface area (TPSA) is 70.0 Å². The highest BCUT2D eigenvalue weighted by Crippen LogP contribution is 2.19. The summed E-state index contributed by atoms with van der Waals surface area (Å²) in [6.07, 6.45) is 0.161.